The van der Waals surface area contributed by atoms with Crippen molar-refractivity contribution in [1.29, 1.82) is 0 Å². The lowest BCUT2D eigenvalue weighted by Gasteiger charge is -2.33. The van der Waals surface area contributed by atoms with Crippen molar-refractivity contribution in [2.45, 2.75) is 45.4 Å². The zero-order valence-corrected chi connectivity index (χ0v) is 21.5. The van der Waals surface area contributed by atoms with Crippen LogP contribution >= 0.6 is 24.0 Å². The quantitative estimate of drug-likeness (QED) is 0.304. The zero-order valence-electron chi connectivity index (χ0n) is 19.2. The van der Waals surface area contributed by atoms with Gasteiger partial charge >= 0.3 is 0 Å². The average molecular weight is 536 g/mol. The molecule has 170 valence electrons. The number of nitrogens with zero attached hydrogens (tertiary/aromatic N) is 3. The molecule has 0 bridgehead atoms. The highest BCUT2D eigenvalue weighted by atomic mass is 127. The third-order valence-corrected chi connectivity index (χ3v) is 5.84. The molecule has 0 radical (unpaired) electrons. The monoisotopic (exact) mass is 535 g/mol. The number of piperidine rings is 1. The molecular weight excluding hydrogens is 497 g/mol. The maximum absolute atomic E-state index is 4.44. The van der Waals surface area contributed by atoms with E-state index in [1.807, 2.05) is 7.05 Å². The normalized spacial score (nSPS) is 15.5. The van der Waals surface area contributed by atoms with Gasteiger partial charge in [-0.3, -0.25) is 9.89 Å². The fraction of sp³-hybridized carbons (Fsp3) is 0.480. The van der Waals surface area contributed by atoms with E-state index in [9.17, 15) is 0 Å². The Kier molecular flexibility index (Phi) is 11.3. The summed E-state index contributed by atoms with van der Waals surface area (Å²) in [6.07, 6.45) is 2.29. The van der Waals surface area contributed by atoms with Crippen molar-refractivity contribution in [1.82, 2.24) is 20.4 Å². The van der Waals surface area contributed by atoms with E-state index in [-0.39, 0.29) is 24.0 Å². The molecule has 0 unspecified atom stereocenters. The van der Waals surface area contributed by atoms with Gasteiger partial charge in [0.2, 0.25) is 0 Å². The molecule has 0 amide bonds. The van der Waals surface area contributed by atoms with Crippen LogP contribution in [0.5, 0.6) is 0 Å². The minimum Gasteiger partial charge on any atom is -0.354 e. The summed E-state index contributed by atoms with van der Waals surface area (Å²) < 4.78 is 0. The van der Waals surface area contributed by atoms with Gasteiger partial charge in [-0.15, -0.1) is 24.0 Å². The maximum atomic E-state index is 4.44. The van der Waals surface area contributed by atoms with Gasteiger partial charge in [-0.1, -0.05) is 61.5 Å². The predicted octanol–water partition coefficient (Wildman–Crippen LogP) is 4.09. The van der Waals surface area contributed by atoms with Crippen LogP contribution in [0.4, 0.5) is 0 Å². The van der Waals surface area contributed by atoms with Crippen molar-refractivity contribution in [3.8, 4) is 0 Å². The fourth-order valence-electron chi connectivity index (χ4n) is 3.91. The Morgan fingerprint density at radius 1 is 1.03 bits per heavy atom. The number of guanidine groups is 1. The summed E-state index contributed by atoms with van der Waals surface area (Å²) in [5, 5.41) is 7.11. The van der Waals surface area contributed by atoms with E-state index in [1.54, 1.807) is 0 Å². The molecule has 2 aromatic carbocycles. The predicted molar refractivity (Wildman–Crippen MR) is 142 cm³/mol. The number of likely N-dealkylation sites (tertiary alicyclic amines) is 1. The summed E-state index contributed by atoms with van der Waals surface area (Å²) in [6.45, 7) is 8.31. The fourth-order valence-corrected chi connectivity index (χ4v) is 3.91. The van der Waals surface area contributed by atoms with Crippen LogP contribution in [0.15, 0.2) is 59.6 Å². The molecule has 6 heteroatoms. The topological polar surface area (TPSA) is 42.9 Å². The Morgan fingerprint density at radius 3 is 2.39 bits per heavy atom. The third kappa shape index (κ3) is 8.79. The second-order valence-electron chi connectivity index (χ2n) is 8.26. The van der Waals surface area contributed by atoms with E-state index < -0.39 is 0 Å². The van der Waals surface area contributed by atoms with Crippen LogP contribution in [-0.2, 0) is 19.6 Å². The summed E-state index contributed by atoms with van der Waals surface area (Å²) in [5.41, 5.74) is 4.04. The summed E-state index contributed by atoms with van der Waals surface area (Å²) >= 11 is 0. The molecule has 1 saturated heterocycles. The van der Waals surface area contributed by atoms with Gasteiger partial charge in [-0.2, -0.15) is 0 Å². The average Bonchev–Trinajstić information content (AvgIpc) is 2.78. The summed E-state index contributed by atoms with van der Waals surface area (Å²) in [6, 6.07) is 20.0. The Balaban J connectivity index is 0.00000341. The molecule has 0 atom stereocenters. The maximum Gasteiger partial charge on any atom is 0.191 e. The van der Waals surface area contributed by atoms with Crippen molar-refractivity contribution in [2.75, 3.05) is 33.7 Å². The van der Waals surface area contributed by atoms with Crippen molar-refractivity contribution < 1.29 is 0 Å². The highest BCUT2D eigenvalue weighted by Gasteiger charge is 2.20. The second-order valence-corrected chi connectivity index (χ2v) is 8.26. The molecule has 0 aliphatic carbocycles. The van der Waals surface area contributed by atoms with Gasteiger partial charge in [0.05, 0.1) is 0 Å². The summed E-state index contributed by atoms with van der Waals surface area (Å²) in [4.78, 5) is 9.30. The van der Waals surface area contributed by atoms with E-state index in [2.05, 4.69) is 94.0 Å². The first-order chi connectivity index (χ1) is 14.7. The van der Waals surface area contributed by atoms with Gasteiger partial charge < -0.3 is 15.5 Å². The van der Waals surface area contributed by atoms with E-state index in [0.717, 1.165) is 58.1 Å². The number of hydrogen-bond donors (Lipinski definition) is 2. The van der Waals surface area contributed by atoms with Crippen molar-refractivity contribution in [3.63, 3.8) is 0 Å². The minimum atomic E-state index is 0. The Labute approximate surface area is 205 Å². The molecule has 1 heterocycles. The Morgan fingerprint density at radius 2 is 1.71 bits per heavy atom. The number of aliphatic imine (C=N–C) groups is 1. The van der Waals surface area contributed by atoms with Crippen LogP contribution in [0, 0.1) is 0 Å². The highest BCUT2D eigenvalue weighted by molar-refractivity contribution is 14.0. The molecule has 2 aromatic rings. The summed E-state index contributed by atoms with van der Waals surface area (Å²) in [7, 11) is 4.01. The van der Waals surface area contributed by atoms with Crippen LogP contribution in [0.3, 0.4) is 0 Å². The molecule has 5 nitrogen and oxygen atoms in total. The van der Waals surface area contributed by atoms with Gasteiger partial charge in [-0.05, 0) is 43.1 Å². The van der Waals surface area contributed by atoms with Crippen LogP contribution in [-0.4, -0.2) is 55.5 Å². The van der Waals surface area contributed by atoms with Crippen molar-refractivity contribution in [3.05, 3.63) is 71.3 Å². The molecular formula is C25H38IN5. The SMILES string of the molecule is CCN(C)Cc1cccc(CNC(=NC)NC2CCN(Cc3ccccc3)CC2)c1.I. The van der Waals surface area contributed by atoms with Gasteiger partial charge in [0, 0.05) is 45.8 Å². The first-order valence-corrected chi connectivity index (χ1v) is 11.2. The number of rotatable bonds is 8. The molecule has 3 rings (SSSR count). The molecule has 1 aliphatic rings. The van der Waals surface area contributed by atoms with Gasteiger partial charge in [0.25, 0.3) is 0 Å². The lowest BCUT2D eigenvalue weighted by atomic mass is 10.0. The molecule has 31 heavy (non-hydrogen) atoms. The Bertz CT molecular complexity index is 788. The molecule has 0 spiro atoms. The smallest absolute Gasteiger partial charge is 0.191 e. The third-order valence-electron chi connectivity index (χ3n) is 5.84. The van der Waals surface area contributed by atoms with Crippen LogP contribution in [0.2, 0.25) is 0 Å². The first-order valence-electron chi connectivity index (χ1n) is 11.2. The molecule has 1 aliphatic heterocycles. The largest absolute Gasteiger partial charge is 0.354 e. The molecule has 0 saturated carbocycles. The van der Waals surface area contributed by atoms with Crippen LogP contribution in [0.25, 0.3) is 0 Å². The number of benzene rings is 2. The zero-order chi connectivity index (χ0) is 21.2. The van der Waals surface area contributed by atoms with E-state index in [4.69, 9.17) is 0 Å². The van der Waals surface area contributed by atoms with Crippen molar-refractivity contribution in [2.24, 2.45) is 4.99 Å². The lowest BCUT2D eigenvalue weighted by Crippen LogP contribution is -2.48. The van der Waals surface area contributed by atoms with Gasteiger partial charge in [-0.25, -0.2) is 0 Å². The second kappa shape index (κ2) is 13.7. The van der Waals surface area contributed by atoms with Gasteiger partial charge in [0.1, 0.15) is 0 Å². The van der Waals surface area contributed by atoms with Gasteiger partial charge in [0.15, 0.2) is 5.96 Å². The van der Waals surface area contributed by atoms with Crippen LogP contribution < -0.4 is 10.6 Å². The standard InChI is InChI=1S/C25H37N5.HI/c1-4-29(3)19-23-12-8-11-22(17-23)18-27-25(26-2)28-24-13-15-30(16-14-24)20-21-9-6-5-7-10-21;/h5-12,17,24H,4,13-16,18-20H2,1-3H3,(H2,26,27,28);1H. The van der Waals surface area contributed by atoms with Crippen molar-refractivity contribution >= 4 is 29.9 Å². The van der Waals surface area contributed by atoms with Crippen LogP contribution in [0.1, 0.15) is 36.5 Å². The lowest BCUT2D eigenvalue weighted by molar-refractivity contribution is 0.198. The molecule has 1 fully saturated rings. The van der Waals surface area contributed by atoms with E-state index >= 15 is 0 Å². The first kappa shape index (κ1) is 25.6. The summed E-state index contributed by atoms with van der Waals surface area (Å²) in [5.74, 6) is 0.896. The number of halogens is 1. The Hall–Kier alpha value is -1.64. The highest BCUT2D eigenvalue weighted by Crippen LogP contribution is 2.14. The molecule has 2 N–H and O–H groups in total. The number of nitrogens with one attached hydrogen (secondary N) is 2. The van der Waals surface area contributed by atoms with E-state index in [0.29, 0.717) is 6.04 Å². The molecule has 0 aromatic heterocycles. The minimum absolute atomic E-state index is 0. The number of hydrogen-bond acceptors (Lipinski definition) is 3. The van der Waals surface area contributed by atoms with E-state index in [1.165, 1.54) is 16.7 Å².